The van der Waals surface area contributed by atoms with E-state index in [1.165, 1.54) is 49.9 Å². The van der Waals surface area contributed by atoms with Crippen LogP contribution in [0.2, 0.25) is 0 Å². The monoisotopic (exact) mass is 354 g/mol. The normalized spacial score (nSPS) is 9.68. The van der Waals surface area contributed by atoms with Crippen molar-refractivity contribution in [2.24, 2.45) is 0 Å². The fourth-order valence-electron chi connectivity index (χ4n) is 1.97. The van der Waals surface area contributed by atoms with Crippen LogP contribution in [0.25, 0.3) is 0 Å². The number of hydrogen-bond acceptors (Lipinski definition) is 5. The lowest BCUT2D eigenvalue weighted by atomic mass is 10.1. The van der Waals surface area contributed by atoms with E-state index in [0.717, 1.165) is 12.8 Å². The zero-order valence-electron chi connectivity index (χ0n) is 14.4. The second-order valence-corrected chi connectivity index (χ2v) is 5.30. The molecular formula is C18H26O7. The summed E-state index contributed by atoms with van der Waals surface area (Å²) in [6.07, 6.45) is 7.04. The van der Waals surface area contributed by atoms with Gasteiger partial charge in [-0.1, -0.05) is 51.2 Å². The number of carbonyl (C=O) groups excluding carboxylic acids is 1. The van der Waals surface area contributed by atoms with Gasteiger partial charge in [0, 0.05) is 0 Å². The Morgan fingerprint density at radius 2 is 1.36 bits per heavy atom. The molecule has 0 heterocycles. The lowest BCUT2D eigenvalue weighted by Gasteiger charge is -2.02. The van der Waals surface area contributed by atoms with Gasteiger partial charge in [0.15, 0.2) is 0 Å². The standard InChI is InChI=1S/C10H20O3.C8H6O4/c1-2-3-4-5-6-7-8-13-10(12)9-11;9-7(10)5-3-1-2-4-6(5)8(11)12/h11H,2-9H2,1H3;1-4H,(H,9,10)(H,11,12). The average Bonchev–Trinajstić information content (AvgIpc) is 2.61. The molecule has 1 aromatic rings. The van der Waals surface area contributed by atoms with E-state index in [-0.39, 0.29) is 11.1 Å². The van der Waals surface area contributed by atoms with Crippen LogP contribution < -0.4 is 0 Å². The average molecular weight is 354 g/mol. The Labute approximate surface area is 147 Å². The highest BCUT2D eigenvalue weighted by atomic mass is 16.5. The molecule has 0 amide bonds. The number of aliphatic hydroxyl groups excluding tert-OH is 1. The minimum atomic E-state index is -1.23. The number of unbranched alkanes of at least 4 members (excludes halogenated alkanes) is 5. The number of aliphatic hydroxyl groups is 1. The summed E-state index contributed by atoms with van der Waals surface area (Å²) in [5.74, 6) is -2.98. The molecule has 1 rings (SSSR count). The number of hydrogen-bond donors (Lipinski definition) is 3. The first-order valence-electron chi connectivity index (χ1n) is 8.26. The van der Waals surface area contributed by atoms with Crippen molar-refractivity contribution >= 4 is 17.9 Å². The van der Waals surface area contributed by atoms with Gasteiger partial charge in [0.2, 0.25) is 0 Å². The Morgan fingerprint density at radius 1 is 0.880 bits per heavy atom. The van der Waals surface area contributed by atoms with Crippen LogP contribution >= 0.6 is 0 Å². The van der Waals surface area contributed by atoms with Gasteiger partial charge in [0.25, 0.3) is 0 Å². The van der Waals surface area contributed by atoms with E-state index < -0.39 is 24.5 Å². The summed E-state index contributed by atoms with van der Waals surface area (Å²) in [7, 11) is 0. The molecule has 0 aromatic heterocycles. The Balaban J connectivity index is 0.000000462. The highest BCUT2D eigenvalue weighted by molar-refractivity contribution is 6.01. The van der Waals surface area contributed by atoms with E-state index in [1.807, 2.05) is 0 Å². The highest BCUT2D eigenvalue weighted by Gasteiger charge is 2.13. The molecule has 3 N–H and O–H groups in total. The van der Waals surface area contributed by atoms with Crippen molar-refractivity contribution in [2.45, 2.75) is 45.4 Å². The van der Waals surface area contributed by atoms with Gasteiger partial charge < -0.3 is 20.1 Å². The number of benzene rings is 1. The van der Waals surface area contributed by atoms with E-state index in [4.69, 9.17) is 20.1 Å². The van der Waals surface area contributed by atoms with Crippen LogP contribution in [-0.2, 0) is 9.53 Å². The van der Waals surface area contributed by atoms with Gasteiger partial charge in [-0.2, -0.15) is 0 Å². The Morgan fingerprint density at radius 3 is 1.80 bits per heavy atom. The first-order valence-corrected chi connectivity index (χ1v) is 8.26. The van der Waals surface area contributed by atoms with Crippen LogP contribution in [0.15, 0.2) is 24.3 Å². The van der Waals surface area contributed by atoms with E-state index in [0.29, 0.717) is 6.61 Å². The van der Waals surface area contributed by atoms with E-state index in [9.17, 15) is 14.4 Å². The molecule has 0 fully saturated rings. The summed E-state index contributed by atoms with van der Waals surface area (Å²) < 4.78 is 4.71. The molecule has 0 aliphatic heterocycles. The number of carbonyl (C=O) groups is 3. The molecule has 25 heavy (non-hydrogen) atoms. The van der Waals surface area contributed by atoms with Gasteiger partial charge >= 0.3 is 17.9 Å². The Kier molecular flexibility index (Phi) is 12.6. The maximum atomic E-state index is 10.5. The van der Waals surface area contributed by atoms with Gasteiger partial charge in [-0.05, 0) is 18.6 Å². The molecule has 7 heteroatoms. The molecule has 0 aliphatic rings. The smallest absolute Gasteiger partial charge is 0.336 e. The molecule has 1 aromatic carbocycles. The van der Waals surface area contributed by atoms with Crippen LogP contribution in [0.5, 0.6) is 0 Å². The maximum Gasteiger partial charge on any atom is 0.336 e. The highest BCUT2D eigenvalue weighted by Crippen LogP contribution is 2.08. The molecule has 0 saturated carbocycles. The molecule has 0 atom stereocenters. The fourth-order valence-corrected chi connectivity index (χ4v) is 1.97. The van der Waals surface area contributed by atoms with E-state index in [2.05, 4.69) is 6.92 Å². The van der Waals surface area contributed by atoms with Crippen molar-refractivity contribution in [3.63, 3.8) is 0 Å². The number of ether oxygens (including phenoxy) is 1. The van der Waals surface area contributed by atoms with Crippen molar-refractivity contribution in [3.05, 3.63) is 35.4 Å². The van der Waals surface area contributed by atoms with E-state index in [1.54, 1.807) is 0 Å². The van der Waals surface area contributed by atoms with Gasteiger partial charge in [-0.15, -0.1) is 0 Å². The van der Waals surface area contributed by atoms with Crippen LogP contribution in [0.1, 0.15) is 66.2 Å². The molecule has 7 nitrogen and oxygen atoms in total. The quantitative estimate of drug-likeness (QED) is 0.436. The zero-order valence-corrected chi connectivity index (χ0v) is 14.4. The summed E-state index contributed by atoms with van der Waals surface area (Å²) in [5, 5.41) is 25.4. The lowest BCUT2D eigenvalue weighted by molar-refractivity contribution is -0.147. The number of carboxylic acids is 2. The first kappa shape index (κ1) is 22.6. The molecule has 140 valence electrons. The van der Waals surface area contributed by atoms with Crippen LogP contribution in [-0.4, -0.2) is 46.4 Å². The van der Waals surface area contributed by atoms with Gasteiger partial charge in [-0.3, -0.25) is 0 Å². The first-order chi connectivity index (χ1) is 11.9. The third kappa shape index (κ3) is 10.9. The fraction of sp³-hybridized carbons (Fsp3) is 0.500. The number of esters is 1. The van der Waals surface area contributed by atoms with Crippen LogP contribution in [0.4, 0.5) is 0 Å². The minimum absolute atomic E-state index is 0.190. The van der Waals surface area contributed by atoms with Gasteiger partial charge in [-0.25, -0.2) is 14.4 Å². The summed E-state index contributed by atoms with van der Waals surface area (Å²) in [5.41, 5.74) is -0.380. The predicted octanol–water partition coefficient (Wildman–Crippen LogP) is 2.97. The second kappa shape index (κ2) is 14.0. The van der Waals surface area contributed by atoms with Crippen molar-refractivity contribution in [1.82, 2.24) is 0 Å². The number of aromatic carboxylic acids is 2. The zero-order chi connectivity index (χ0) is 19.1. The molecular weight excluding hydrogens is 328 g/mol. The maximum absolute atomic E-state index is 10.5. The third-order valence-electron chi connectivity index (χ3n) is 3.28. The van der Waals surface area contributed by atoms with Crippen molar-refractivity contribution in [1.29, 1.82) is 0 Å². The Hall–Kier alpha value is -2.41. The van der Waals surface area contributed by atoms with E-state index >= 15 is 0 Å². The summed E-state index contributed by atoms with van der Waals surface area (Å²) >= 11 is 0. The lowest BCUT2D eigenvalue weighted by Crippen LogP contribution is -2.09. The number of carboxylic acid groups (broad SMARTS) is 2. The number of rotatable bonds is 10. The molecule has 0 spiro atoms. The van der Waals surface area contributed by atoms with Crippen molar-refractivity contribution in [3.8, 4) is 0 Å². The van der Waals surface area contributed by atoms with Gasteiger partial charge in [0.05, 0.1) is 17.7 Å². The third-order valence-corrected chi connectivity index (χ3v) is 3.28. The summed E-state index contributed by atoms with van der Waals surface area (Å²) in [6.45, 7) is 2.13. The van der Waals surface area contributed by atoms with Crippen molar-refractivity contribution < 1.29 is 34.4 Å². The largest absolute Gasteiger partial charge is 0.478 e. The Bertz CT molecular complexity index is 507. The topological polar surface area (TPSA) is 121 Å². The summed E-state index contributed by atoms with van der Waals surface area (Å²) in [4.78, 5) is 31.4. The van der Waals surface area contributed by atoms with Gasteiger partial charge in [0.1, 0.15) is 6.61 Å². The minimum Gasteiger partial charge on any atom is -0.478 e. The second-order valence-electron chi connectivity index (χ2n) is 5.30. The van der Waals surface area contributed by atoms with Crippen LogP contribution in [0, 0.1) is 0 Å². The molecule has 0 aliphatic carbocycles. The molecule has 0 unspecified atom stereocenters. The van der Waals surface area contributed by atoms with Crippen LogP contribution in [0.3, 0.4) is 0 Å². The van der Waals surface area contributed by atoms with Crippen molar-refractivity contribution in [2.75, 3.05) is 13.2 Å². The SMILES string of the molecule is CCCCCCCCOC(=O)CO.O=C(O)c1ccccc1C(=O)O. The molecule has 0 saturated heterocycles. The summed E-state index contributed by atoms with van der Waals surface area (Å²) in [6, 6.07) is 5.48. The molecule has 0 bridgehead atoms. The predicted molar refractivity (Wildman–Crippen MR) is 91.8 cm³/mol. The molecule has 0 radical (unpaired) electrons.